The molecule has 11 heavy (non-hydrogen) atoms. The van der Waals surface area contributed by atoms with E-state index in [1.807, 2.05) is 0 Å². The summed E-state index contributed by atoms with van der Waals surface area (Å²) in [5.41, 5.74) is 1.62. The molecule has 1 aliphatic rings. The minimum absolute atomic E-state index is 0.693. The lowest BCUT2D eigenvalue weighted by molar-refractivity contribution is 0.234. The van der Waals surface area contributed by atoms with Gasteiger partial charge in [-0.05, 0) is 26.3 Å². The third kappa shape index (κ3) is 1.84. The van der Waals surface area contributed by atoms with Gasteiger partial charge in [0.05, 0.1) is 0 Å². The van der Waals surface area contributed by atoms with Gasteiger partial charge in [0.15, 0.2) is 0 Å². The molecule has 0 aromatic carbocycles. The van der Waals surface area contributed by atoms with Crippen LogP contribution in [0.25, 0.3) is 0 Å². The monoisotopic (exact) mass is 153 g/mol. The largest absolute Gasteiger partial charge is 0.297 e. The molecule has 1 rings (SSSR count). The zero-order chi connectivity index (χ0) is 8.27. The second-order valence-electron chi connectivity index (χ2n) is 3.23. The van der Waals surface area contributed by atoms with Crippen molar-refractivity contribution in [2.75, 3.05) is 13.1 Å². The molecule has 1 heteroatoms. The molecule has 0 spiro atoms. The number of rotatable bonds is 2. The molecule has 1 nitrogen and oxygen atoms in total. The molecule has 0 radical (unpaired) electrons. The van der Waals surface area contributed by atoms with Crippen molar-refractivity contribution in [2.24, 2.45) is 0 Å². The van der Waals surface area contributed by atoms with Crippen LogP contribution in [0, 0.1) is 0 Å². The fourth-order valence-electron chi connectivity index (χ4n) is 1.89. The third-order valence-corrected chi connectivity index (χ3v) is 2.72. The van der Waals surface area contributed by atoms with Crippen LogP contribution >= 0.6 is 0 Å². The number of hydrogen-bond donors (Lipinski definition) is 0. The fourth-order valence-corrected chi connectivity index (χ4v) is 1.89. The van der Waals surface area contributed by atoms with E-state index in [4.69, 9.17) is 0 Å². The fraction of sp³-hybridized carbons (Fsp3) is 0.800. The van der Waals surface area contributed by atoms with Crippen LogP contribution in [0.4, 0.5) is 0 Å². The molecule has 1 aliphatic heterocycles. The molecule has 1 atom stereocenters. The highest BCUT2D eigenvalue weighted by Crippen LogP contribution is 2.19. The summed E-state index contributed by atoms with van der Waals surface area (Å²) >= 11 is 0. The van der Waals surface area contributed by atoms with E-state index in [0.29, 0.717) is 6.04 Å². The molecular weight excluding hydrogens is 134 g/mol. The molecule has 0 aliphatic carbocycles. The molecule has 0 amide bonds. The summed E-state index contributed by atoms with van der Waals surface area (Å²) in [6, 6.07) is 0.693. The van der Waals surface area contributed by atoms with Crippen molar-refractivity contribution in [2.45, 2.75) is 39.7 Å². The lowest BCUT2D eigenvalue weighted by Gasteiger charge is -2.32. The topological polar surface area (TPSA) is 3.24 Å². The lowest BCUT2D eigenvalue weighted by Crippen LogP contribution is -2.37. The summed E-state index contributed by atoms with van der Waals surface area (Å²) in [5, 5.41) is 0. The quantitative estimate of drug-likeness (QED) is 0.551. The Hall–Kier alpha value is -0.300. The summed E-state index contributed by atoms with van der Waals surface area (Å²) in [6.45, 7) is 9.26. The molecule has 0 N–H and O–H groups in total. The maximum absolute atomic E-state index is 2.54. The SMILES string of the molecule is CCC1=CCCN(CC)[C@H]1C. The first-order chi connectivity index (χ1) is 5.29. The van der Waals surface area contributed by atoms with Crippen molar-refractivity contribution in [1.29, 1.82) is 0 Å². The summed E-state index contributed by atoms with van der Waals surface area (Å²) < 4.78 is 0. The molecule has 0 aromatic rings. The van der Waals surface area contributed by atoms with Gasteiger partial charge in [-0.2, -0.15) is 0 Å². The maximum atomic E-state index is 2.54. The highest BCUT2D eigenvalue weighted by molar-refractivity contribution is 5.12. The summed E-state index contributed by atoms with van der Waals surface area (Å²) in [5.74, 6) is 0. The van der Waals surface area contributed by atoms with E-state index in [9.17, 15) is 0 Å². The zero-order valence-corrected chi connectivity index (χ0v) is 7.93. The average molecular weight is 153 g/mol. The Labute approximate surface area is 70.1 Å². The van der Waals surface area contributed by atoms with Crippen molar-refractivity contribution in [3.63, 3.8) is 0 Å². The van der Waals surface area contributed by atoms with Crippen LogP contribution in [0.2, 0.25) is 0 Å². The van der Waals surface area contributed by atoms with Crippen LogP contribution < -0.4 is 0 Å². The van der Waals surface area contributed by atoms with Gasteiger partial charge in [0, 0.05) is 12.6 Å². The van der Waals surface area contributed by atoms with Gasteiger partial charge >= 0.3 is 0 Å². The standard InChI is InChI=1S/C10H19N/c1-4-10-7-6-8-11(5-2)9(10)3/h7,9H,4-6,8H2,1-3H3/t9-/m0/s1. The zero-order valence-electron chi connectivity index (χ0n) is 7.93. The normalized spacial score (nSPS) is 26.8. The number of hydrogen-bond acceptors (Lipinski definition) is 1. The minimum atomic E-state index is 0.693. The third-order valence-electron chi connectivity index (χ3n) is 2.72. The van der Waals surface area contributed by atoms with E-state index in [2.05, 4.69) is 31.7 Å². The first-order valence-corrected chi connectivity index (χ1v) is 4.72. The second-order valence-corrected chi connectivity index (χ2v) is 3.23. The first kappa shape index (κ1) is 8.79. The molecule has 0 aromatic heterocycles. The first-order valence-electron chi connectivity index (χ1n) is 4.72. The Morgan fingerprint density at radius 3 is 2.82 bits per heavy atom. The van der Waals surface area contributed by atoms with Gasteiger partial charge in [0.2, 0.25) is 0 Å². The van der Waals surface area contributed by atoms with E-state index in [1.165, 1.54) is 25.9 Å². The van der Waals surface area contributed by atoms with Gasteiger partial charge in [-0.3, -0.25) is 4.90 Å². The Bertz CT molecular complexity index is 149. The van der Waals surface area contributed by atoms with Crippen molar-refractivity contribution in [3.8, 4) is 0 Å². The molecule has 0 saturated heterocycles. The van der Waals surface area contributed by atoms with Crippen LogP contribution in [0.3, 0.4) is 0 Å². The van der Waals surface area contributed by atoms with Crippen LogP contribution in [-0.4, -0.2) is 24.0 Å². The van der Waals surface area contributed by atoms with E-state index < -0.39 is 0 Å². The number of nitrogens with zero attached hydrogens (tertiary/aromatic N) is 1. The summed E-state index contributed by atoms with van der Waals surface area (Å²) in [4.78, 5) is 2.54. The molecular formula is C10H19N. The molecule has 0 saturated carbocycles. The van der Waals surface area contributed by atoms with Gasteiger partial charge in [0.25, 0.3) is 0 Å². The summed E-state index contributed by atoms with van der Waals surface area (Å²) in [7, 11) is 0. The molecule has 0 unspecified atom stereocenters. The minimum Gasteiger partial charge on any atom is -0.297 e. The van der Waals surface area contributed by atoms with Gasteiger partial charge < -0.3 is 0 Å². The van der Waals surface area contributed by atoms with Crippen LogP contribution in [0.1, 0.15) is 33.6 Å². The molecule has 0 bridgehead atoms. The highest BCUT2D eigenvalue weighted by atomic mass is 15.1. The van der Waals surface area contributed by atoms with E-state index in [1.54, 1.807) is 5.57 Å². The van der Waals surface area contributed by atoms with E-state index >= 15 is 0 Å². The van der Waals surface area contributed by atoms with Crippen LogP contribution in [0.5, 0.6) is 0 Å². The second kappa shape index (κ2) is 3.91. The smallest absolute Gasteiger partial charge is 0.0279 e. The van der Waals surface area contributed by atoms with Gasteiger partial charge in [-0.1, -0.05) is 25.5 Å². The molecule has 64 valence electrons. The van der Waals surface area contributed by atoms with E-state index in [0.717, 1.165) is 0 Å². The predicted molar refractivity (Wildman–Crippen MR) is 49.7 cm³/mol. The highest BCUT2D eigenvalue weighted by Gasteiger charge is 2.17. The van der Waals surface area contributed by atoms with Crippen molar-refractivity contribution >= 4 is 0 Å². The van der Waals surface area contributed by atoms with Crippen molar-refractivity contribution in [3.05, 3.63) is 11.6 Å². The molecule has 1 heterocycles. The van der Waals surface area contributed by atoms with E-state index in [-0.39, 0.29) is 0 Å². The van der Waals surface area contributed by atoms with Gasteiger partial charge in [-0.15, -0.1) is 0 Å². The van der Waals surface area contributed by atoms with Crippen LogP contribution in [-0.2, 0) is 0 Å². The Morgan fingerprint density at radius 2 is 2.27 bits per heavy atom. The van der Waals surface area contributed by atoms with Gasteiger partial charge in [-0.25, -0.2) is 0 Å². The predicted octanol–water partition coefficient (Wildman–Crippen LogP) is 2.44. The van der Waals surface area contributed by atoms with Crippen LogP contribution in [0.15, 0.2) is 11.6 Å². The Morgan fingerprint density at radius 1 is 1.55 bits per heavy atom. The lowest BCUT2D eigenvalue weighted by atomic mass is 9.99. The van der Waals surface area contributed by atoms with Crippen molar-refractivity contribution < 1.29 is 0 Å². The average Bonchev–Trinajstić information content (AvgIpc) is 2.05. The molecule has 0 fully saturated rings. The van der Waals surface area contributed by atoms with Crippen molar-refractivity contribution in [1.82, 2.24) is 4.90 Å². The Balaban J connectivity index is 2.60. The summed E-state index contributed by atoms with van der Waals surface area (Å²) in [6.07, 6.45) is 4.88. The maximum Gasteiger partial charge on any atom is 0.0279 e. The number of likely N-dealkylation sites (N-methyl/N-ethyl adjacent to an activating group) is 1. The Kier molecular flexibility index (Phi) is 3.13. The van der Waals surface area contributed by atoms with Gasteiger partial charge in [0.1, 0.15) is 0 Å².